The Morgan fingerprint density at radius 1 is 1.00 bits per heavy atom. The van der Waals surface area contributed by atoms with Gasteiger partial charge in [-0.2, -0.15) is 0 Å². The van der Waals surface area contributed by atoms with Gasteiger partial charge in [0.15, 0.2) is 0 Å². The van der Waals surface area contributed by atoms with Crippen LogP contribution in [0.15, 0.2) is 81.1 Å². The summed E-state index contributed by atoms with van der Waals surface area (Å²) in [6, 6.07) is 17.2. The van der Waals surface area contributed by atoms with Crippen LogP contribution in [0.3, 0.4) is 0 Å². The van der Waals surface area contributed by atoms with Crippen LogP contribution < -0.4 is 0 Å². The highest BCUT2D eigenvalue weighted by molar-refractivity contribution is 9.10. The predicted octanol–water partition coefficient (Wildman–Crippen LogP) is 4.64. The number of sulfone groups is 1. The van der Waals surface area contributed by atoms with Crippen molar-refractivity contribution in [1.82, 2.24) is 9.97 Å². The number of carbonyl (C=O) groups is 1. The van der Waals surface area contributed by atoms with Crippen molar-refractivity contribution in [3.63, 3.8) is 0 Å². The standard InChI is InChI=1S/C20H13BrN2O3S/c21-19-16-10-17(14-6-4-5-13(9-14)12-24)23-20(16)22-11-18(19)27(25,26)15-7-2-1-3-8-15/h1-12H,(H,22,23). The van der Waals surface area contributed by atoms with Gasteiger partial charge < -0.3 is 4.98 Å². The summed E-state index contributed by atoms with van der Waals surface area (Å²) >= 11 is 3.43. The lowest BCUT2D eigenvalue weighted by atomic mass is 10.1. The number of halogens is 1. The lowest BCUT2D eigenvalue weighted by Gasteiger charge is -2.06. The molecular formula is C20H13BrN2O3S. The Morgan fingerprint density at radius 2 is 1.78 bits per heavy atom. The number of H-pyrrole nitrogens is 1. The minimum absolute atomic E-state index is 0.105. The van der Waals surface area contributed by atoms with Gasteiger partial charge in [0.1, 0.15) is 16.8 Å². The SMILES string of the molecule is O=Cc1cccc(-c2cc3c(Br)c(S(=O)(=O)c4ccccc4)cnc3[nH]2)c1. The number of rotatable bonds is 4. The van der Waals surface area contributed by atoms with Gasteiger partial charge in [-0.05, 0) is 45.8 Å². The largest absolute Gasteiger partial charge is 0.339 e. The predicted molar refractivity (Wildman–Crippen MR) is 107 cm³/mol. The molecular weight excluding hydrogens is 428 g/mol. The number of aldehydes is 1. The molecule has 0 aliphatic rings. The average molecular weight is 441 g/mol. The third kappa shape index (κ3) is 3.09. The van der Waals surface area contributed by atoms with E-state index < -0.39 is 9.84 Å². The van der Waals surface area contributed by atoms with Gasteiger partial charge in [0.2, 0.25) is 9.84 Å². The van der Waals surface area contributed by atoms with Crippen LogP contribution in [0.5, 0.6) is 0 Å². The molecule has 27 heavy (non-hydrogen) atoms. The van der Waals surface area contributed by atoms with Crippen molar-refractivity contribution in [2.24, 2.45) is 0 Å². The number of pyridine rings is 1. The van der Waals surface area contributed by atoms with Gasteiger partial charge >= 0.3 is 0 Å². The molecule has 1 N–H and O–H groups in total. The van der Waals surface area contributed by atoms with E-state index in [0.29, 0.717) is 21.1 Å². The fraction of sp³-hybridized carbons (Fsp3) is 0. The second-order valence-corrected chi connectivity index (χ2v) is 8.65. The quantitative estimate of drug-likeness (QED) is 0.468. The minimum atomic E-state index is -3.70. The maximum Gasteiger partial charge on any atom is 0.209 e. The zero-order chi connectivity index (χ0) is 19.0. The molecule has 2 heterocycles. The van der Waals surface area contributed by atoms with Gasteiger partial charge in [0.25, 0.3) is 0 Å². The van der Waals surface area contributed by atoms with Crippen LogP contribution in [-0.2, 0) is 9.84 Å². The molecule has 0 unspecified atom stereocenters. The van der Waals surface area contributed by atoms with E-state index in [9.17, 15) is 13.2 Å². The highest BCUT2D eigenvalue weighted by Crippen LogP contribution is 2.35. The molecule has 0 fully saturated rings. The van der Waals surface area contributed by atoms with Gasteiger partial charge in [-0.15, -0.1) is 0 Å². The van der Waals surface area contributed by atoms with E-state index >= 15 is 0 Å². The number of fused-ring (bicyclic) bond motifs is 1. The second kappa shape index (κ2) is 6.75. The number of carbonyl (C=O) groups excluding carboxylic acids is 1. The molecule has 134 valence electrons. The fourth-order valence-corrected chi connectivity index (χ4v) is 5.23. The normalized spacial score (nSPS) is 11.6. The van der Waals surface area contributed by atoms with Crippen LogP contribution in [0.1, 0.15) is 10.4 Å². The number of benzene rings is 2. The van der Waals surface area contributed by atoms with Crippen molar-refractivity contribution in [2.75, 3.05) is 0 Å². The molecule has 0 aliphatic carbocycles. The van der Waals surface area contributed by atoms with E-state index in [1.54, 1.807) is 48.5 Å². The number of aromatic nitrogens is 2. The molecule has 4 aromatic rings. The van der Waals surface area contributed by atoms with Crippen molar-refractivity contribution in [3.05, 3.63) is 76.9 Å². The first-order valence-electron chi connectivity index (χ1n) is 8.03. The first kappa shape index (κ1) is 17.6. The monoisotopic (exact) mass is 440 g/mol. The number of nitrogens with one attached hydrogen (secondary N) is 1. The summed E-state index contributed by atoms with van der Waals surface area (Å²) in [7, 11) is -3.70. The van der Waals surface area contributed by atoms with Gasteiger partial charge in [0, 0.05) is 27.3 Å². The van der Waals surface area contributed by atoms with Crippen molar-refractivity contribution < 1.29 is 13.2 Å². The molecule has 0 radical (unpaired) electrons. The van der Waals surface area contributed by atoms with Crippen LogP contribution in [-0.4, -0.2) is 24.7 Å². The van der Waals surface area contributed by atoms with Crippen molar-refractivity contribution in [2.45, 2.75) is 9.79 Å². The number of hydrogen-bond acceptors (Lipinski definition) is 4. The van der Waals surface area contributed by atoms with Crippen LogP contribution in [0.2, 0.25) is 0 Å². The Morgan fingerprint density at radius 3 is 2.52 bits per heavy atom. The van der Waals surface area contributed by atoms with Gasteiger partial charge in [0.05, 0.1) is 4.90 Å². The maximum absolute atomic E-state index is 12.9. The first-order chi connectivity index (χ1) is 13.0. The molecule has 0 atom stereocenters. The molecule has 2 aromatic heterocycles. The molecule has 0 bridgehead atoms. The Hall–Kier alpha value is -2.77. The van der Waals surface area contributed by atoms with Crippen molar-refractivity contribution in [3.8, 4) is 11.3 Å². The summed E-state index contributed by atoms with van der Waals surface area (Å²) < 4.78 is 26.3. The third-order valence-corrected chi connectivity index (χ3v) is 7.14. The van der Waals surface area contributed by atoms with E-state index in [2.05, 4.69) is 25.9 Å². The van der Waals surface area contributed by atoms with Gasteiger partial charge in [-0.25, -0.2) is 13.4 Å². The Kier molecular flexibility index (Phi) is 4.41. The van der Waals surface area contributed by atoms with Crippen molar-refractivity contribution in [1.29, 1.82) is 0 Å². The molecule has 0 saturated heterocycles. The lowest BCUT2D eigenvalue weighted by molar-refractivity contribution is 0.112. The Balaban J connectivity index is 1.87. The minimum Gasteiger partial charge on any atom is -0.339 e. The van der Waals surface area contributed by atoms with E-state index in [1.165, 1.54) is 6.20 Å². The summed E-state index contributed by atoms with van der Waals surface area (Å²) in [6.45, 7) is 0. The zero-order valence-electron chi connectivity index (χ0n) is 13.9. The maximum atomic E-state index is 12.9. The summed E-state index contributed by atoms with van der Waals surface area (Å²) in [5.41, 5.74) is 2.68. The Bertz CT molecular complexity index is 1270. The summed E-state index contributed by atoms with van der Waals surface area (Å²) in [5.74, 6) is 0. The van der Waals surface area contributed by atoms with Crippen LogP contribution >= 0.6 is 15.9 Å². The molecule has 0 spiro atoms. The Labute approximate surface area is 164 Å². The summed E-state index contributed by atoms with van der Waals surface area (Å²) in [4.78, 5) is 18.8. The van der Waals surface area contributed by atoms with E-state index in [1.807, 2.05) is 12.1 Å². The molecule has 0 aliphatic heterocycles. The zero-order valence-corrected chi connectivity index (χ0v) is 16.3. The number of nitrogens with zero attached hydrogens (tertiary/aromatic N) is 1. The van der Waals surface area contributed by atoms with Crippen LogP contribution in [0.25, 0.3) is 22.3 Å². The van der Waals surface area contributed by atoms with Gasteiger partial charge in [-0.3, -0.25) is 4.79 Å². The number of aromatic amines is 1. The second-order valence-electron chi connectivity index (χ2n) is 5.94. The third-order valence-electron chi connectivity index (χ3n) is 4.24. The van der Waals surface area contributed by atoms with E-state index in [0.717, 1.165) is 17.5 Å². The topological polar surface area (TPSA) is 79.9 Å². The molecule has 0 amide bonds. The molecule has 4 rings (SSSR count). The fourth-order valence-electron chi connectivity index (χ4n) is 2.87. The molecule has 2 aromatic carbocycles. The summed E-state index contributed by atoms with van der Waals surface area (Å²) in [6.07, 6.45) is 2.13. The van der Waals surface area contributed by atoms with Crippen LogP contribution in [0, 0.1) is 0 Å². The smallest absolute Gasteiger partial charge is 0.209 e. The van der Waals surface area contributed by atoms with Crippen LogP contribution in [0.4, 0.5) is 0 Å². The number of hydrogen-bond donors (Lipinski definition) is 1. The van der Waals surface area contributed by atoms with Crippen molar-refractivity contribution >= 4 is 43.1 Å². The van der Waals surface area contributed by atoms with Gasteiger partial charge in [-0.1, -0.05) is 36.4 Å². The molecule has 7 heteroatoms. The summed E-state index contributed by atoms with van der Waals surface area (Å²) in [5, 5.41) is 0.651. The lowest BCUT2D eigenvalue weighted by Crippen LogP contribution is -2.03. The first-order valence-corrected chi connectivity index (χ1v) is 10.3. The highest BCUT2D eigenvalue weighted by Gasteiger charge is 2.23. The van der Waals surface area contributed by atoms with E-state index in [4.69, 9.17) is 0 Å². The highest BCUT2D eigenvalue weighted by atomic mass is 79.9. The molecule has 5 nitrogen and oxygen atoms in total. The average Bonchev–Trinajstić information content (AvgIpc) is 3.14. The molecule has 0 saturated carbocycles. The van der Waals surface area contributed by atoms with E-state index in [-0.39, 0.29) is 9.79 Å².